The molecule has 1 aliphatic rings. The highest BCUT2D eigenvalue weighted by Crippen LogP contribution is 2.26. The van der Waals surface area contributed by atoms with Crippen LogP contribution in [-0.2, 0) is 17.8 Å². The highest BCUT2D eigenvalue weighted by molar-refractivity contribution is 5.68. The lowest BCUT2D eigenvalue weighted by molar-refractivity contribution is 0.0199. The van der Waals surface area contributed by atoms with Gasteiger partial charge in [0.2, 0.25) is 0 Å². The maximum atomic E-state index is 12.3. The molecule has 23 heavy (non-hydrogen) atoms. The van der Waals surface area contributed by atoms with Crippen LogP contribution in [0.25, 0.3) is 11.4 Å². The molecule has 2 aromatic rings. The molecule has 5 heteroatoms. The van der Waals surface area contributed by atoms with Gasteiger partial charge < -0.3 is 14.2 Å². The van der Waals surface area contributed by atoms with Crippen molar-refractivity contribution >= 4 is 6.09 Å². The summed E-state index contributed by atoms with van der Waals surface area (Å²) in [5, 5.41) is 0. The summed E-state index contributed by atoms with van der Waals surface area (Å²) < 4.78 is 7.69. The number of nitrogens with zero attached hydrogens (tertiary/aromatic N) is 3. The zero-order valence-electron chi connectivity index (χ0n) is 14.2. The maximum absolute atomic E-state index is 12.3. The summed E-state index contributed by atoms with van der Waals surface area (Å²) in [5.41, 5.74) is 2.68. The number of fused-ring (bicyclic) bond motifs is 1. The molecule has 3 rings (SSSR count). The molecule has 1 aromatic heterocycles. The Morgan fingerprint density at radius 3 is 2.52 bits per heavy atom. The largest absolute Gasteiger partial charge is 0.444 e. The normalized spacial score (nSPS) is 14.5. The van der Waals surface area contributed by atoms with Gasteiger partial charge in [-0.3, -0.25) is 0 Å². The average molecular weight is 313 g/mol. The summed E-state index contributed by atoms with van der Waals surface area (Å²) in [6.45, 7) is 9.57. The average Bonchev–Trinajstić information content (AvgIpc) is 2.83. The predicted molar refractivity (Wildman–Crippen MR) is 89.0 cm³/mol. The quantitative estimate of drug-likeness (QED) is 0.808. The van der Waals surface area contributed by atoms with E-state index in [4.69, 9.17) is 9.72 Å². The van der Waals surface area contributed by atoms with Crippen LogP contribution in [-0.4, -0.2) is 32.7 Å². The first kappa shape index (κ1) is 15.6. The van der Waals surface area contributed by atoms with Gasteiger partial charge >= 0.3 is 6.09 Å². The molecule has 0 fully saturated rings. The molecule has 5 nitrogen and oxygen atoms in total. The Labute approximate surface area is 136 Å². The Morgan fingerprint density at radius 2 is 1.87 bits per heavy atom. The molecule has 0 N–H and O–H groups in total. The van der Waals surface area contributed by atoms with Crippen LogP contribution in [0.1, 0.15) is 32.2 Å². The van der Waals surface area contributed by atoms with Gasteiger partial charge in [-0.15, -0.1) is 0 Å². The van der Waals surface area contributed by atoms with E-state index in [0.717, 1.165) is 29.3 Å². The molecule has 122 valence electrons. The third-order valence-corrected chi connectivity index (χ3v) is 3.89. The second-order valence-electron chi connectivity index (χ2n) is 6.89. The van der Waals surface area contributed by atoms with Crippen molar-refractivity contribution in [2.75, 3.05) is 6.54 Å². The molecule has 0 aliphatic carbocycles. The maximum Gasteiger partial charge on any atom is 0.410 e. The number of rotatable bonds is 1. The number of aryl methyl sites for hydroxylation is 1. The zero-order valence-corrected chi connectivity index (χ0v) is 14.2. The van der Waals surface area contributed by atoms with Gasteiger partial charge in [0.15, 0.2) is 0 Å². The van der Waals surface area contributed by atoms with Gasteiger partial charge in [-0.25, -0.2) is 9.78 Å². The van der Waals surface area contributed by atoms with Gasteiger partial charge in [-0.2, -0.15) is 0 Å². The van der Waals surface area contributed by atoms with Gasteiger partial charge in [-0.05, 0) is 27.7 Å². The van der Waals surface area contributed by atoms with E-state index in [2.05, 4.69) is 16.7 Å². The highest BCUT2D eigenvalue weighted by Gasteiger charge is 2.28. The molecule has 1 amide bonds. The van der Waals surface area contributed by atoms with Gasteiger partial charge in [0.1, 0.15) is 11.4 Å². The fraction of sp³-hybridized carbons (Fsp3) is 0.444. The van der Waals surface area contributed by atoms with Crippen molar-refractivity contribution in [1.29, 1.82) is 0 Å². The number of ether oxygens (including phenoxy) is 1. The first-order valence-electron chi connectivity index (χ1n) is 7.94. The van der Waals surface area contributed by atoms with Crippen molar-refractivity contribution < 1.29 is 9.53 Å². The SMILES string of the molecule is Cc1nc(-c2ccccc2)n2c1CN(C(=O)OC(C)(C)C)CC2. The van der Waals surface area contributed by atoms with Gasteiger partial charge in [0.05, 0.1) is 17.9 Å². The Hall–Kier alpha value is -2.30. The summed E-state index contributed by atoms with van der Waals surface area (Å²) in [5.74, 6) is 0.974. The standard InChI is InChI=1S/C18H23N3O2/c1-13-15-12-20(17(22)23-18(2,3)4)10-11-21(15)16(19-13)14-8-6-5-7-9-14/h5-9H,10-12H2,1-4H3. The van der Waals surface area contributed by atoms with Crippen molar-refractivity contribution in [1.82, 2.24) is 14.5 Å². The van der Waals surface area contributed by atoms with Crippen molar-refractivity contribution in [2.45, 2.75) is 46.4 Å². The molecule has 0 unspecified atom stereocenters. The summed E-state index contributed by atoms with van der Waals surface area (Å²) in [6.07, 6.45) is -0.259. The lowest BCUT2D eigenvalue weighted by Gasteiger charge is -2.31. The zero-order chi connectivity index (χ0) is 16.6. The first-order valence-corrected chi connectivity index (χ1v) is 7.94. The van der Waals surface area contributed by atoms with Crippen LogP contribution in [0.2, 0.25) is 0 Å². The number of aromatic nitrogens is 2. The minimum atomic E-state index is -0.473. The van der Waals surface area contributed by atoms with Crippen molar-refractivity contribution in [3.05, 3.63) is 41.7 Å². The molecular weight excluding hydrogens is 290 g/mol. The van der Waals surface area contributed by atoms with Crippen LogP contribution in [0, 0.1) is 6.92 Å². The predicted octanol–water partition coefficient (Wildman–Crippen LogP) is 3.61. The van der Waals surface area contributed by atoms with E-state index in [0.29, 0.717) is 13.1 Å². The van der Waals surface area contributed by atoms with Crippen LogP contribution in [0.3, 0.4) is 0 Å². The summed E-state index contributed by atoms with van der Waals surface area (Å²) in [4.78, 5) is 18.8. The number of imidazole rings is 1. The molecule has 0 saturated heterocycles. The number of benzene rings is 1. The molecule has 2 heterocycles. The third-order valence-electron chi connectivity index (χ3n) is 3.89. The number of carbonyl (C=O) groups is 1. The second kappa shape index (κ2) is 5.72. The van der Waals surface area contributed by atoms with Crippen LogP contribution in [0.15, 0.2) is 30.3 Å². The van der Waals surface area contributed by atoms with Crippen LogP contribution in [0.5, 0.6) is 0 Å². The summed E-state index contributed by atoms with van der Waals surface area (Å²) in [7, 11) is 0. The molecule has 0 saturated carbocycles. The Bertz CT molecular complexity index is 714. The van der Waals surface area contributed by atoms with Crippen LogP contribution in [0.4, 0.5) is 4.79 Å². The fourth-order valence-corrected chi connectivity index (χ4v) is 2.82. The van der Waals surface area contributed by atoms with E-state index in [1.165, 1.54) is 0 Å². The van der Waals surface area contributed by atoms with E-state index < -0.39 is 5.60 Å². The fourth-order valence-electron chi connectivity index (χ4n) is 2.82. The Balaban J connectivity index is 1.85. The van der Waals surface area contributed by atoms with E-state index in [1.54, 1.807) is 4.90 Å². The molecular formula is C18H23N3O2. The number of hydrogen-bond donors (Lipinski definition) is 0. The molecule has 1 aliphatic heterocycles. The van der Waals surface area contributed by atoms with Crippen molar-refractivity contribution in [3.8, 4) is 11.4 Å². The van der Waals surface area contributed by atoms with E-state index >= 15 is 0 Å². The van der Waals surface area contributed by atoms with Gasteiger partial charge in [-0.1, -0.05) is 30.3 Å². The minimum Gasteiger partial charge on any atom is -0.444 e. The monoisotopic (exact) mass is 313 g/mol. The number of hydrogen-bond acceptors (Lipinski definition) is 3. The number of carbonyl (C=O) groups excluding carboxylic acids is 1. The van der Waals surface area contributed by atoms with Gasteiger partial charge in [0.25, 0.3) is 0 Å². The van der Waals surface area contributed by atoms with Crippen LogP contribution >= 0.6 is 0 Å². The van der Waals surface area contributed by atoms with E-state index in [-0.39, 0.29) is 6.09 Å². The minimum absolute atomic E-state index is 0.259. The lowest BCUT2D eigenvalue weighted by Crippen LogP contribution is -2.41. The lowest BCUT2D eigenvalue weighted by atomic mass is 10.2. The molecule has 0 spiro atoms. The van der Waals surface area contributed by atoms with Crippen molar-refractivity contribution in [3.63, 3.8) is 0 Å². The summed E-state index contributed by atoms with van der Waals surface area (Å²) in [6, 6.07) is 10.2. The van der Waals surface area contributed by atoms with Gasteiger partial charge in [0, 0.05) is 18.7 Å². The molecule has 0 radical (unpaired) electrons. The summed E-state index contributed by atoms with van der Waals surface area (Å²) >= 11 is 0. The van der Waals surface area contributed by atoms with Crippen LogP contribution < -0.4 is 0 Å². The molecule has 1 aromatic carbocycles. The topological polar surface area (TPSA) is 47.4 Å². The molecule has 0 bridgehead atoms. The van der Waals surface area contributed by atoms with E-state index in [1.807, 2.05) is 45.9 Å². The second-order valence-corrected chi connectivity index (χ2v) is 6.89. The van der Waals surface area contributed by atoms with E-state index in [9.17, 15) is 4.79 Å². The smallest absolute Gasteiger partial charge is 0.410 e. The Kier molecular flexibility index (Phi) is 3.88. The highest BCUT2D eigenvalue weighted by atomic mass is 16.6. The number of amides is 1. The van der Waals surface area contributed by atoms with Crippen molar-refractivity contribution in [2.24, 2.45) is 0 Å². The third kappa shape index (κ3) is 3.23. The molecule has 0 atom stereocenters. The Morgan fingerprint density at radius 1 is 1.17 bits per heavy atom. The first-order chi connectivity index (χ1) is 10.8.